The molecule has 4 nitrogen and oxygen atoms in total. The average Bonchev–Trinajstić information content (AvgIpc) is 3.16. The summed E-state index contributed by atoms with van der Waals surface area (Å²) >= 11 is 0. The molecule has 1 aliphatic heterocycles. The van der Waals surface area contributed by atoms with E-state index < -0.39 is 0 Å². The summed E-state index contributed by atoms with van der Waals surface area (Å²) < 4.78 is 5.53. The van der Waals surface area contributed by atoms with E-state index in [4.69, 9.17) is 4.74 Å². The summed E-state index contributed by atoms with van der Waals surface area (Å²) in [5, 5.41) is 3.14. The van der Waals surface area contributed by atoms with E-state index in [0.717, 1.165) is 75.2 Å². The molecule has 0 bridgehead atoms. The number of nitrogens with one attached hydrogen (secondary N) is 1. The van der Waals surface area contributed by atoms with Gasteiger partial charge in [-0.15, -0.1) is 0 Å². The number of fused-ring (bicyclic) bond motifs is 1. The lowest BCUT2D eigenvalue weighted by Crippen LogP contribution is -2.38. The monoisotopic (exact) mass is 494 g/mol. The van der Waals surface area contributed by atoms with Crippen molar-refractivity contribution in [1.82, 2.24) is 4.90 Å². The number of hydrogen-bond acceptors (Lipinski definition) is 3. The zero-order valence-corrected chi connectivity index (χ0v) is 22.1. The first kappa shape index (κ1) is 25.4. The Bertz CT molecular complexity index is 1240. The van der Waals surface area contributed by atoms with Crippen molar-refractivity contribution in [2.24, 2.45) is 0 Å². The Morgan fingerprint density at radius 2 is 1.68 bits per heavy atom. The minimum atomic E-state index is -0.00118. The Morgan fingerprint density at radius 3 is 2.41 bits per heavy atom. The van der Waals surface area contributed by atoms with Gasteiger partial charge in [0, 0.05) is 37.1 Å². The molecule has 5 rings (SSSR count). The number of anilines is 1. The number of amides is 1. The Morgan fingerprint density at radius 1 is 0.946 bits per heavy atom. The maximum absolute atomic E-state index is 13.2. The van der Waals surface area contributed by atoms with Gasteiger partial charge in [-0.2, -0.15) is 0 Å². The second-order valence-electron chi connectivity index (χ2n) is 10.4. The summed E-state index contributed by atoms with van der Waals surface area (Å²) in [6.45, 7) is 8.02. The molecule has 4 heteroatoms. The maximum Gasteiger partial charge on any atom is 0.251 e. The summed E-state index contributed by atoms with van der Waals surface area (Å²) in [5.74, 6) is -0.00118. The fourth-order valence-electron chi connectivity index (χ4n) is 5.48. The van der Waals surface area contributed by atoms with Crippen molar-refractivity contribution in [3.63, 3.8) is 0 Å². The Labute approximate surface area is 221 Å². The highest BCUT2D eigenvalue weighted by Crippen LogP contribution is 2.29. The van der Waals surface area contributed by atoms with E-state index in [0.29, 0.717) is 6.04 Å². The topological polar surface area (TPSA) is 41.6 Å². The van der Waals surface area contributed by atoms with Crippen LogP contribution in [0.4, 0.5) is 5.69 Å². The Kier molecular flexibility index (Phi) is 8.18. The van der Waals surface area contributed by atoms with E-state index in [1.807, 2.05) is 12.1 Å². The van der Waals surface area contributed by atoms with Gasteiger partial charge in [-0.25, -0.2) is 0 Å². The largest absolute Gasteiger partial charge is 0.381 e. The van der Waals surface area contributed by atoms with Gasteiger partial charge in [0.1, 0.15) is 0 Å². The molecule has 192 valence electrons. The van der Waals surface area contributed by atoms with Crippen molar-refractivity contribution >= 4 is 17.7 Å². The molecule has 2 aliphatic rings. The predicted octanol–water partition coefficient (Wildman–Crippen LogP) is 7.02. The molecule has 0 unspecified atom stereocenters. The van der Waals surface area contributed by atoms with Crippen LogP contribution in [0.2, 0.25) is 0 Å². The minimum Gasteiger partial charge on any atom is -0.381 e. The first-order valence-corrected chi connectivity index (χ1v) is 13.7. The number of benzene rings is 3. The van der Waals surface area contributed by atoms with Crippen LogP contribution in [0.3, 0.4) is 0 Å². The molecule has 3 aromatic rings. The number of ether oxygens (including phenoxy) is 1. The van der Waals surface area contributed by atoms with Crippen LogP contribution >= 0.6 is 0 Å². The SMILES string of the molecule is CCN(Cc1ccc(NC(=O)C2=Cc3cc(-c4ccc(C)cc4)ccc3CCC2)cc1)C1CCOCC1. The first-order valence-electron chi connectivity index (χ1n) is 13.7. The third-order valence-electron chi connectivity index (χ3n) is 7.76. The van der Waals surface area contributed by atoms with Crippen LogP contribution in [-0.2, 0) is 22.5 Å². The second-order valence-corrected chi connectivity index (χ2v) is 10.4. The molecular weight excluding hydrogens is 456 g/mol. The number of nitrogens with zero attached hydrogens (tertiary/aromatic N) is 1. The van der Waals surface area contributed by atoms with Crippen LogP contribution in [0.25, 0.3) is 17.2 Å². The van der Waals surface area contributed by atoms with Crippen molar-refractivity contribution in [3.8, 4) is 11.1 Å². The van der Waals surface area contributed by atoms with Crippen LogP contribution < -0.4 is 5.32 Å². The van der Waals surface area contributed by atoms with Crippen molar-refractivity contribution in [2.45, 2.75) is 58.5 Å². The zero-order chi connectivity index (χ0) is 25.6. The molecule has 0 saturated carbocycles. The second kappa shape index (κ2) is 11.9. The van der Waals surface area contributed by atoms with E-state index in [1.165, 1.54) is 27.8 Å². The number of rotatable bonds is 7. The summed E-state index contributed by atoms with van der Waals surface area (Å²) in [4.78, 5) is 15.8. The Hall–Kier alpha value is -3.21. The van der Waals surface area contributed by atoms with Crippen LogP contribution in [0.5, 0.6) is 0 Å². The highest BCUT2D eigenvalue weighted by atomic mass is 16.5. The van der Waals surface area contributed by atoms with E-state index in [2.05, 4.69) is 84.7 Å². The predicted molar refractivity (Wildman–Crippen MR) is 153 cm³/mol. The van der Waals surface area contributed by atoms with Crippen LogP contribution in [0.15, 0.2) is 72.3 Å². The molecule has 37 heavy (non-hydrogen) atoms. The van der Waals surface area contributed by atoms with Gasteiger partial charge in [-0.1, -0.05) is 61.0 Å². The normalized spacial score (nSPS) is 16.1. The van der Waals surface area contributed by atoms with Crippen LogP contribution in [-0.4, -0.2) is 36.6 Å². The molecular formula is C33H38N2O2. The number of hydrogen-bond donors (Lipinski definition) is 1. The van der Waals surface area contributed by atoms with E-state index in [1.54, 1.807) is 0 Å². The van der Waals surface area contributed by atoms with Gasteiger partial charge in [0.15, 0.2) is 0 Å². The fraction of sp³-hybridized carbons (Fsp3) is 0.364. The van der Waals surface area contributed by atoms with Gasteiger partial charge in [0.2, 0.25) is 0 Å². The van der Waals surface area contributed by atoms with E-state index in [9.17, 15) is 4.79 Å². The highest BCUT2D eigenvalue weighted by Gasteiger charge is 2.20. The Balaban J connectivity index is 1.27. The standard InChI is InChI=1S/C33H38N2O2/c1-3-35(32-17-19-37-20-18-32)23-25-9-15-31(16-10-25)34-33(36)29-6-4-5-26-13-14-28(21-30(26)22-29)27-11-7-24(2)8-12-27/h7-16,21-22,32H,3-6,17-20,23H2,1-2H3,(H,34,36). The summed E-state index contributed by atoms with van der Waals surface area (Å²) in [5.41, 5.74) is 9.09. The van der Waals surface area contributed by atoms with Gasteiger partial charge in [0.05, 0.1) is 0 Å². The average molecular weight is 495 g/mol. The van der Waals surface area contributed by atoms with E-state index >= 15 is 0 Å². The van der Waals surface area contributed by atoms with E-state index in [-0.39, 0.29) is 5.91 Å². The molecule has 1 amide bonds. The van der Waals surface area contributed by atoms with Crippen LogP contribution in [0, 0.1) is 6.92 Å². The molecule has 0 radical (unpaired) electrons. The quantitative estimate of drug-likeness (QED) is 0.384. The summed E-state index contributed by atoms with van der Waals surface area (Å²) in [7, 11) is 0. The molecule has 1 aliphatic carbocycles. The first-order chi connectivity index (χ1) is 18.1. The number of carbonyl (C=O) groups is 1. The maximum atomic E-state index is 13.2. The molecule has 0 atom stereocenters. The molecule has 0 aromatic heterocycles. The molecule has 1 fully saturated rings. The van der Waals surface area contributed by atoms with Gasteiger partial charge in [-0.05, 0) is 97.7 Å². The van der Waals surface area contributed by atoms with Gasteiger partial charge in [0.25, 0.3) is 5.91 Å². The van der Waals surface area contributed by atoms with Crippen molar-refractivity contribution in [2.75, 3.05) is 25.1 Å². The zero-order valence-electron chi connectivity index (χ0n) is 22.1. The number of carbonyl (C=O) groups excluding carboxylic acids is 1. The molecule has 1 heterocycles. The minimum absolute atomic E-state index is 0.00118. The summed E-state index contributed by atoms with van der Waals surface area (Å²) in [6, 6.07) is 24.2. The van der Waals surface area contributed by atoms with Gasteiger partial charge >= 0.3 is 0 Å². The summed E-state index contributed by atoms with van der Waals surface area (Å²) in [6.07, 6.45) is 7.06. The molecule has 0 spiro atoms. The molecule has 1 N–H and O–H groups in total. The molecule has 1 saturated heterocycles. The van der Waals surface area contributed by atoms with Crippen molar-refractivity contribution in [1.29, 1.82) is 0 Å². The van der Waals surface area contributed by atoms with Crippen LogP contribution in [0.1, 0.15) is 54.9 Å². The van der Waals surface area contributed by atoms with Gasteiger partial charge < -0.3 is 10.1 Å². The smallest absolute Gasteiger partial charge is 0.251 e. The lowest BCUT2D eigenvalue weighted by molar-refractivity contribution is -0.112. The number of aryl methyl sites for hydroxylation is 2. The lowest BCUT2D eigenvalue weighted by atomic mass is 9.97. The lowest BCUT2D eigenvalue weighted by Gasteiger charge is -2.33. The third kappa shape index (κ3) is 6.38. The van der Waals surface area contributed by atoms with Crippen molar-refractivity contribution < 1.29 is 9.53 Å². The third-order valence-corrected chi connectivity index (χ3v) is 7.76. The highest BCUT2D eigenvalue weighted by molar-refractivity contribution is 6.07. The van der Waals surface area contributed by atoms with Gasteiger partial charge in [-0.3, -0.25) is 9.69 Å². The molecule has 3 aromatic carbocycles. The fourth-order valence-corrected chi connectivity index (χ4v) is 5.48. The van der Waals surface area contributed by atoms with Crippen molar-refractivity contribution in [3.05, 3.63) is 94.6 Å².